The number of nitrogens with one attached hydrogen (secondary N) is 2. The summed E-state index contributed by atoms with van der Waals surface area (Å²) in [6.07, 6.45) is 1.32. The number of nitrogens with zero attached hydrogens (tertiary/aromatic N) is 2. The van der Waals surface area contributed by atoms with Gasteiger partial charge in [-0.1, -0.05) is 12.1 Å². The van der Waals surface area contributed by atoms with Gasteiger partial charge in [-0.2, -0.15) is 0 Å². The van der Waals surface area contributed by atoms with Crippen LogP contribution in [0.1, 0.15) is 28.8 Å². The molecule has 0 radical (unpaired) electrons. The summed E-state index contributed by atoms with van der Waals surface area (Å²) in [6, 6.07) is 11.0. The second-order valence-corrected chi connectivity index (χ2v) is 6.69. The molecule has 3 rings (SSSR count). The number of hydrogen-bond acceptors (Lipinski definition) is 5. The maximum atomic E-state index is 12.2. The van der Waals surface area contributed by atoms with Crippen LogP contribution >= 0.6 is 0 Å². The Labute approximate surface area is 166 Å². The first-order chi connectivity index (χ1) is 13.8. The number of rotatable bonds is 6. The Morgan fingerprint density at radius 3 is 2.69 bits per heavy atom. The van der Waals surface area contributed by atoms with Gasteiger partial charge in [-0.15, -0.1) is 0 Å². The van der Waals surface area contributed by atoms with E-state index in [1.807, 2.05) is 0 Å². The molecule has 1 heterocycles. The average Bonchev–Trinajstić information content (AvgIpc) is 3.12. The minimum Gasteiger partial charge on any atom is -0.343 e. The van der Waals surface area contributed by atoms with Crippen LogP contribution in [0, 0.1) is 17.0 Å². The van der Waals surface area contributed by atoms with E-state index >= 15 is 0 Å². The van der Waals surface area contributed by atoms with Gasteiger partial charge in [0, 0.05) is 41.5 Å². The highest BCUT2D eigenvalue weighted by atomic mass is 16.6. The molecule has 1 aliphatic rings. The quantitative estimate of drug-likeness (QED) is 0.574. The summed E-state index contributed by atoms with van der Waals surface area (Å²) >= 11 is 0. The second-order valence-electron chi connectivity index (χ2n) is 6.69. The van der Waals surface area contributed by atoms with Crippen LogP contribution < -0.4 is 15.5 Å². The summed E-state index contributed by atoms with van der Waals surface area (Å²) in [7, 11) is 0. The largest absolute Gasteiger partial charge is 0.343 e. The molecule has 0 spiro atoms. The van der Waals surface area contributed by atoms with E-state index in [-0.39, 0.29) is 23.7 Å². The standard InChI is InChI=1S/C20H20N4O5/c1-13-7-8-14(10-17(13)24(28)29)20(27)21-12-18(25)22-15-4-2-5-16(11-15)23-9-3-6-19(23)26/h2,4-5,7-8,10-11H,3,6,9,12H2,1H3,(H,21,27)(H,22,25). The van der Waals surface area contributed by atoms with E-state index in [0.29, 0.717) is 29.9 Å². The Morgan fingerprint density at radius 2 is 2.00 bits per heavy atom. The van der Waals surface area contributed by atoms with Crippen molar-refractivity contribution in [2.24, 2.45) is 0 Å². The van der Waals surface area contributed by atoms with E-state index in [1.54, 1.807) is 36.1 Å². The third-order valence-electron chi connectivity index (χ3n) is 4.59. The van der Waals surface area contributed by atoms with Crippen molar-refractivity contribution in [1.29, 1.82) is 0 Å². The molecule has 3 amide bonds. The summed E-state index contributed by atoms with van der Waals surface area (Å²) in [5, 5.41) is 16.1. The van der Waals surface area contributed by atoms with E-state index in [2.05, 4.69) is 10.6 Å². The molecule has 0 bridgehead atoms. The lowest BCUT2D eigenvalue weighted by Crippen LogP contribution is -2.33. The van der Waals surface area contributed by atoms with Crippen molar-refractivity contribution in [2.75, 3.05) is 23.3 Å². The number of amides is 3. The van der Waals surface area contributed by atoms with Gasteiger partial charge < -0.3 is 15.5 Å². The number of nitro benzene ring substituents is 1. The monoisotopic (exact) mass is 396 g/mol. The first-order valence-corrected chi connectivity index (χ1v) is 9.08. The van der Waals surface area contributed by atoms with Crippen LogP contribution in [-0.4, -0.2) is 35.7 Å². The van der Waals surface area contributed by atoms with Crippen molar-refractivity contribution in [3.8, 4) is 0 Å². The van der Waals surface area contributed by atoms with E-state index in [0.717, 1.165) is 6.42 Å². The molecule has 0 unspecified atom stereocenters. The third-order valence-corrected chi connectivity index (χ3v) is 4.59. The van der Waals surface area contributed by atoms with Crippen LogP contribution in [0.2, 0.25) is 0 Å². The molecular formula is C20H20N4O5. The fourth-order valence-electron chi connectivity index (χ4n) is 3.09. The van der Waals surface area contributed by atoms with Crippen molar-refractivity contribution in [1.82, 2.24) is 5.32 Å². The molecule has 1 saturated heterocycles. The Balaban J connectivity index is 1.59. The normalized spacial score (nSPS) is 13.3. The van der Waals surface area contributed by atoms with E-state index in [4.69, 9.17) is 0 Å². The molecule has 0 aromatic heterocycles. The van der Waals surface area contributed by atoms with Crippen LogP contribution in [0.5, 0.6) is 0 Å². The van der Waals surface area contributed by atoms with Gasteiger partial charge in [0.2, 0.25) is 11.8 Å². The van der Waals surface area contributed by atoms with Gasteiger partial charge in [0.25, 0.3) is 11.6 Å². The van der Waals surface area contributed by atoms with Crippen LogP contribution in [0.3, 0.4) is 0 Å². The number of aryl methyl sites for hydroxylation is 1. The Morgan fingerprint density at radius 1 is 1.21 bits per heavy atom. The predicted molar refractivity (Wildman–Crippen MR) is 107 cm³/mol. The summed E-state index contributed by atoms with van der Waals surface area (Å²) in [6.45, 7) is 1.93. The van der Waals surface area contributed by atoms with E-state index in [1.165, 1.54) is 18.2 Å². The van der Waals surface area contributed by atoms with Crippen LogP contribution in [0.4, 0.5) is 17.1 Å². The highest BCUT2D eigenvalue weighted by molar-refractivity contribution is 6.00. The lowest BCUT2D eigenvalue weighted by molar-refractivity contribution is -0.385. The molecule has 0 saturated carbocycles. The van der Waals surface area contributed by atoms with E-state index in [9.17, 15) is 24.5 Å². The minimum absolute atomic E-state index is 0.0490. The second kappa shape index (κ2) is 8.51. The van der Waals surface area contributed by atoms with Crippen molar-refractivity contribution < 1.29 is 19.3 Å². The van der Waals surface area contributed by atoms with Gasteiger partial charge in [0.05, 0.1) is 11.5 Å². The lowest BCUT2D eigenvalue weighted by atomic mass is 10.1. The number of anilines is 2. The Bertz CT molecular complexity index is 989. The van der Waals surface area contributed by atoms with E-state index < -0.39 is 16.7 Å². The van der Waals surface area contributed by atoms with Crippen molar-refractivity contribution in [3.63, 3.8) is 0 Å². The van der Waals surface area contributed by atoms with Crippen LogP contribution in [0.15, 0.2) is 42.5 Å². The summed E-state index contributed by atoms with van der Waals surface area (Å²) < 4.78 is 0. The Hall–Kier alpha value is -3.75. The molecule has 9 heteroatoms. The maximum absolute atomic E-state index is 12.2. The number of carbonyl (C=O) groups is 3. The molecule has 1 aliphatic heterocycles. The summed E-state index contributed by atoms with van der Waals surface area (Å²) in [4.78, 5) is 48.3. The van der Waals surface area contributed by atoms with Crippen molar-refractivity contribution >= 4 is 34.8 Å². The fourth-order valence-corrected chi connectivity index (χ4v) is 3.09. The zero-order chi connectivity index (χ0) is 21.0. The molecule has 0 aliphatic carbocycles. The topological polar surface area (TPSA) is 122 Å². The number of nitro groups is 1. The van der Waals surface area contributed by atoms with Gasteiger partial charge in [-0.05, 0) is 37.6 Å². The highest BCUT2D eigenvalue weighted by Gasteiger charge is 2.22. The zero-order valence-electron chi connectivity index (χ0n) is 15.8. The van der Waals surface area contributed by atoms with Gasteiger partial charge in [0.1, 0.15) is 0 Å². The average molecular weight is 396 g/mol. The zero-order valence-corrected chi connectivity index (χ0v) is 15.8. The van der Waals surface area contributed by atoms with Gasteiger partial charge in [-0.25, -0.2) is 0 Å². The molecule has 29 heavy (non-hydrogen) atoms. The molecular weight excluding hydrogens is 376 g/mol. The van der Waals surface area contributed by atoms with Gasteiger partial charge in [-0.3, -0.25) is 24.5 Å². The first-order valence-electron chi connectivity index (χ1n) is 9.08. The van der Waals surface area contributed by atoms with Crippen molar-refractivity contribution in [3.05, 3.63) is 63.7 Å². The maximum Gasteiger partial charge on any atom is 0.273 e. The van der Waals surface area contributed by atoms with Gasteiger partial charge >= 0.3 is 0 Å². The number of carbonyl (C=O) groups excluding carboxylic acids is 3. The van der Waals surface area contributed by atoms with Crippen LogP contribution in [-0.2, 0) is 9.59 Å². The fraction of sp³-hybridized carbons (Fsp3) is 0.250. The minimum atomic E-state index is -0.584. The molecule has 9 nitrogen and oxygen atoms in total. The SMILES string of the molecule is Cc1ccc(C(=O)NCC(=O)Nc2cccc(N3CCCC3=O)c2)cc1[N+](=O)[O-]. The smallest absolute Gasteiger partial charge is 0.273 e. The molecule has 0 atom stereocenters. The highest BCUT2D eigenvalue weighted by Crippen LogP contribution is 2.24. The van der Waals surface area contributed by atoms with Crippen molar-refractivity contribution in [2.45, 2.75) is 19.8 Å². The molecule has 2 aromatic rings. The van der Waals surface area contributed by atoms with Crippen LogP contribution in [0.25, 0.3) is 0 Å². The van der Waals surface area contributed by atoms with Gasteiger partial charge in [0.15, 0.2) is 0 Å². The molecule has 2 N–H and O–H groups in total. The molecule has 150 valence electrons. The lowest BCUT2D eigenvalue weighted by Gasteiger charge is -2.16. The number of hydrogen-bond donors (Lipinski definition) is 2. The first kappa shape index (κ1) is 20.0. The predicted octanol–water partition coefficient (Wildman–Crippen LogP) is 2.40. The molecule has 2 aromatic carbocycles. The summed E-state index contributed by atoms with van der Waals surface area (Å²) in [5.41, 5.74) is 1.61. The molecule has 1 fully saturated rings. The number of benzene rings is 2. The Kier molecular flexibility index (Phi) is 5.87. The summed E-state index contributed by atoms with van der Waals surface area (Å²) in [5.74, 6) is -0.988. The third kappa shape index (κ3) is 4.75.